The van der Waals surface area contributed by atoms with Gasteiger partial charge in [-0.15, -0.1) is 11.3 Å². The number of hydrogen-bond donors (Lipinski definition) is 2. The SMILES string of the molecule is Cc1ccsc1CNC(=O)c1cc(N)c(Cl)c(Cl)c1. The highest BCUT2D eigenvalue weighted by molar-refractivity contribution is 7.10. The van der Waals surface area contributed by atoms with Crippen molar-refractivity contribution in [1.29, 1.82) is 0 Å². The van der Waals surface area contributed by atoms with Crippen LogP contribution in [-0.2, 0) is 6.54 Å². The molecule has 2 rings (SSSR count). The van der Waals surface area contributed by atoms with Crippen molar-refractivity contribution in [3.8, 4) is 0 Å². The highest BCUT2D eigenvalue weighted by Crippen LogP contribution is 2.29. The predicted molar refractivity (Wildman–Crippen MR) is 81.1 cm³/mol. The highest BCUT2D eigenvalue weighted by Gasteiger charge is 2.11. The molecule has 0 atom stereocenters. The number of benzene rings is 1. The van der Waals surface area contributed by atoms with Crippen LogP contribution in [0.25, 0.3) is 0 Å². The summed E-state index contributed by atoms with van der Waals surface area (Å²) < 4.78 is 0. The summed E-state index contributed by atoms with van der Waals surface area (Å²) in [7, 11) is 0. The van der Waals surface area contributed by atoms with Gasteiger partial charge in [0.1, 0.15) is 0 Å². The topological polar surface area (TPSA) is 55.1 Å². The third-order valence-electron chi connectivity index (χ3n) is 2.70. The molecule has 0 bridgehead atoms. The summed E-state index contributed by atoms with van der Waals surface area (Å²) in [6.07, 6.45) is 0. The largest absolute Gasteiger partial charge is 0.397 e. The number of halogens is 2. The van der Waals surface area contributed by atoms with Crippen LogP contribution in [0.5, 0.6) is 0 Å². The Labute approximate surface area is 125 Å². The van der Waals surface area contributed by atoms with E-state index in [2.05, 4.69) is 5.32 Å². The summed E-state index contributed by atoms with van der Waals surface area (Å²) in [6.45, 7) is 2.50. The summed E-state index contributed by atoms with van der Waals surface area (Å²) in [5.41, 5.74) is 7.55. The van der Waals surface area contributed by atoms with Gasteiger partial charge >= 0.3 is 0 Å². The molecule has 1 heterocycles. The molecule has 0 spiro atoms. The van der Waals surface area contributed by atoms with Gasteiger partial charge in [0.2, 0.25) is 0 Å². The molecule has 6 heteroatoms. The normalized spacial score (nSPS) is 10.5. The van der Waals surface area contributed by atoms with Gasteiger partial charge in [-0.1, -0.05) is 23.2 Å². The van der Waals surface area contributed by atoms with Crippen molar-refractivity contribution in [2.75, 3.05) is 5.73 Å². The number of hydrogen-bond acceptors (Lipinski definition) is 3. The van der Waals surface area contributed by atoms with E-state index >= 15 is 0 Å². The quantitative estimate of drug-likeness (QED) is 0.845. The molecule has 0 saturated carbocycles. The number of anilines is 1. The number of nitrogen functional groups attached to an aromatic ring is 1. The van der Waals surface area contributed by atoms with Gasteiger partial charge in [-0.2, -0.15) is 0 Å². The Morgan fingerprint density at radius 1 is 1.42 bits per heavy atom. The number of carbonyl (C=O) groups excluding carboxylic acids is 1. The molecule has 0 fully saturated rings. The molecule has 2 aromatic rings. The van der Waals surface area contributed by atoms with Gasteiger partial charge in [-0.05, 0) is 36.1 Å². The van der Waals surface area contributed by atoms with Crippen LogP contribution in [0.1, 0.15) is 20.8 Å². The third kappa shape index (κ3) is 3.21. The Hall–Kier alpha value is -1.23. The van der Waals surface area contributed by atoms with Crippen molar-refractivity contribution in [2.24, 2.45) is 0 Å². The van der Waals surface area contributed by atoms with Crippen LogP contribution in [0, 0.1) is 6.92 Å². The van der Waals surface area contributed by atoms with E-state index in [1.165, 1.54) is 17.7 Å². The number of carbonyl (C=O) groups is 1. The molecular weight excluding hydrogens is 303 g/mol. The van der Waals surface area contributed by atoms with Crippen molar-refractivity contribution < 1.29 is 4.79 Å². The second-order valence-electron chi connectivity index (χ2n) is 4.07. The van der Waals surface area contributed by atoms with Gasteiger partial charge in [0.05, 0.1) is 22.3 Å². The number of amides is 1. The molecule has 0 unspecified atom stereocenters. The average Bonchev–Trinajstić information content (AvgIpc) is 2.78. The van der Waals surface area contributed by atoms with Crippen molar-refractivity contribution in [2.45, 2.75) is 13.5 Å². The van der Waals surface area contributed by atoms with Gasteiger partial charge in [-0.3, -0.25) is 4.79 Å². The van der Waals surface area contributed by atoms with E-state index in [1.807, 2.05) is 18.4 Å². The minimum absolute atomic E-state index is 0.224. The second kappa shape index (κ2) is 5.82. The van der Waals surface area contributed by atoms with E-state index in [1.54, 1.807) is 11.3 Å². The maximum absolute atomic E-state index is 12.0. The van der Waals surface area contributed by atoms with Crippen LogP contribution in [0.4, 0.5) is 5.69 Å². The molecule has 3 nitrogen and oxygen atoms in total. The molecule has 0 aliphatic heterocycles. The lowest BCUT2D eigenvalue weighted by atomic mass is 10.2. The van der Waals surface area contributed by atoms with E-state index < -0.39 is 0 Å². The number of aryl methyl sites for hydroxylation is 1. The number of nitrogens with one attached hydrogen (secondary N) is 1. The number of nitrogens with two attached hydrogens (primary N) is 1. The van der Waals surface area contributed by atoms with Crippen LogP contribution < -0.4 is 11.1 Å². The zero-order chi connectivity index (χ0) is 14.0. The monoisotopic (exact) mass is 314 g/mol. The van der Waals surface area contributed by atoms with Crippen LogP contribution >= 0.6 is 34.5 Å². The lowest BCUT2D eigenvalue weighted by Gasteiger charge is -2.07. The molecule has 1 aromatic carbocycles. The molecule has 0 aliphatic rings. The Kier molecular flexibility index (Phi) is 4.34. The van der Waals surface area contributed by atoms with Gasteiger partial charge in [0.25, 0.3) is 5.91 Å². The third-order valence-corrected chi connectivity index (χ3v) is 4.54. The Morgan fingerprint density at radius 2 is 2.16 bits per heavy atom. The molecule has 100 valence electrons. The maximum Gasteiger partial charge on any atom is 0.251 e. The van der Waals surface area contributed by atoms with Crippen molar-refractivity contribution in [3.05, 3.63) is 49.6 Å². The average molecular weight is 315 g/mol. The van der Waals surface area contributed by atoms with E-state index in [4.69, 9.17) is 28.9 Å². The minimum Gasteiger partial charge on any atom is -0.397 e. The summed E-state index contributed by atoms with van der Waals surface area (Å²) in [6, 6.07) is 5.05. The van der Waals surface area contributed by atoms with Crippen LogP contribution in [0.2, 0.25) is 10.0 Å². The predicted octanol–water partition coefficient (Wildman–Crippen LogP) is 3.88. The molecule has 0 radical (unpaired) electrons. The summed E-state index contributed by atoms with van der Waals surface area (Å²) in [5.74, 6) is -0.224. The first-order valence-corrected chi connectivity index (χ1v) is 7.18. The van der Waals surface area contributed by atoms with E-state index in [0.29, 0.717) is 17.8 Å². The number of thiophene rings is 1. The van der Waals surface area contributed by atoms with Crippen molar-refractivity contribution >= 4 is 46.1 Å². The standard InChI is InChI=1S/C13H12Cl2N2OS/c1-7-2-3-19-11(7)6-17-13(18)8-4-9(14)12(15)10(16)5-8/h2-5H,6,16H2,1H3,(H,17,18). The highest BCUT2D eigenvalue weighted by atomic mass is 35.5. The maximum atomic E-state index is 12.0. The summed E-state index contributed by atoms with van der Waals surface area (Å²) >= 11 is 13.4. The molecule has 0 aliphatic carbocycles. The molecule has 0 saturated heterocycles. The van der Waals surface area contributed by atoms with E-state index in [-0.39, 0.29) is 16.0 Å². The molecule has 1 aromatic heterocycles. The van der Waals surface area contributed by atoms with Crippen molar-refractivity contribution in [3.63, 3.8) is 0 Å². The molecule has 19 heavy (non-hydrogen) atoms. The second-order valence-corrected chi connectivity index (χ2v) is 5.86. The fourth-order valence-corrected chi connectivity index (χ4v) is 2.77. The van der Waals surface area contributed by atoms with Crippen LogP contribution in [-0.4, -0.2) is 5.91 Å². The van der Waals surface area contributed by atoms with Crippen molar-refractivity contribution in [1.82, 2.24) is 5.32 Å². The minimum atomic E-state index is -0.224. The lowest BCUT2D eigenvalue weighted by Crippen LogP contribution is -2.22. The van der Waals surface area contributed by atoms with Crippen LogP contribution in [0.3, 0.4) is 0 Å². The first kappa shape index (κ1) is 14.2. The van der Waals surface area contributed by atoms with E-state index in [0.717, 1.165) is 4.88 Å². The zero-order valence-electron chi connectivity index (χ0n) is 10.2. The first-order valence-electron chi connectivity index (χ1n) is 5.54. The summed E-state index contributed by atoms with van der Waals surface area (Å²) in [5, 5.41) is 5.37. The summed E-state index contributed by atoms with van der Waals surface area (Å²) in [4.78, 5) is 13.1. The van der Waals surface area contributed by atoms with Gasteiger partial charge < -0.3 is 11.1 Å². The zero-order valence-corrected chi connectivity index (χ0v) is 12.5. The van der Waals surface area contributed by atoms with Gasteiger partial charge in [0.15, 0.2) is 0 Å². The molecular formula is C13H12Cl2N2OS. The lowest BCUT2D eigenvalue weighted by molar-refractivity contribution is 0.0951. The number of rotatable bonds is 3. The Balaban J connectivity index is 2.10. The molecule has 3 N–H and O–H groups in total. The van der Waals surface area contributed by atoms with Crippen LogP contribution in [0.15, 0.2) is 23.6 Å². The Morgan fingerprint density at radius 3 is 2.74 bits per heavy atom. The fraction of sp³-hybridized carbons (Fsp3) is 0.154. The first-order chi connectivity index (χ1) is 8.99. The van der Waals surface area contributed by atoms with E-state index in [9.17, 15) is 4.79 Å². The van der Waals surface area contributed by atoms with Gasteiger partial charge in [-0.25, -0.2) is 0 Å². The molecule has 1 amide bonds. The van der Waals surface area contributed by atoms with Gasteiger partial charge in [0, 0.05) is 10.4 Å². The smallest absolute Gasteiger partial charge is 0.251 e. The Bertz CT molecular complexity index is 602. The fourth-order valence-electron chi connectivity index (χ4n) is 1.59.